The molecule has 1 aliphatic heterocycles. The van der Waals surface area contributed by atoms with Crippen LogP contribution in [0.4, 0.5) is 0 Å². The van der Waals surface area contributed by atoms with E-state index in [9.17, 15) is 9.90 Å². The highest BCUT2D eigenvalue weighted by Crippen LogP contribution is 2.36. The Balaban J connectivity index is 2.14. The van der Waals surface area contributed by atoms with Gasteiger partial charge in [0.1, 0.15) is 6.04 Å². The van der Waals surface area contributed by atoms with Crippen molar-refractivity contribution in [3.63, 3.8) is 0 Å². The van der Waals surface area contributed by atoms with Crippen molar-refractivity contribution in [1.29, 1.82) is 0 Å². The van der Waals surface area contributed by atoms with Crippen LogP contribution in [0.1, 0.15) is 10.9 Å². The van der Waals surface area contributed by atoms with E-state index >= 15 is 0 Å². The minimum Gasteiger partial charge on any atom is -0.504 e. The van der Waals surface area contributed by atoms with Gasteiger partial charge in [-0.15, -0.1) is 11.8 Å². The smallest absolute Gasteiger partial charge is 0.321 e. The number of aromatic hydroxyl groups is 2. The van der Waals surface area contributed by atoms with Crippen LogP contribution in [0.2, 0.25) is 0 Å². The van der Waals surface area contributed by atoms with Crippen molar-refractivity contribution < 1.29 is 20.1 Å². The first-order valence-corrected chi connectivity index (χ1v) is 5.75. The monoisotopic (exact) mass is 241 g/mol. The molecular weight excluding hydrogens is 230 g/mol. The maximum atomic E-state index is 10.7. The lowest BCUT2D eigenvalue weighted by molar-refractivity contribution is -0.138. The van der Waals surface area contributed by atoms with Gasteiger partial charge in [0.15, 0.2) is 11.5 Å². The minimum absolute atomic E-state index is 0.160. The largest absolute Gasteiger partial charge is 0.504 e. The Labute approximate surface area is 96.1 Å². The Bertz CT molecular complexity index is 423. The van der Waals surface area contributed by atoms with E-state index in [-0.39, 0.29) is 16.9 Å². The maximum absolute atomic E-state index is 10.7. The van der Waals surface area contributed by atoms with Gasteiger partial charge >= 0.3 is 5.97 Å². The summed E-state index contributed by atoms with van der Waals surface area (Å²) in [6.45, 7) is 0. The Morgan fingerprint density at radius 1 is 1.38 bits per heavy atom. The van der Waals surface area contributed by atoms with Gasteiger partial charge in [-0.25, -0.2) is 0 Å². The SMILES string of the molecule is O=C(O)[C@@H]1CSC(c2ccc(O)c(O)c2)N1. The number of hydrogen-bond acceptors (Lipinski definition) is 5. The Hall–Kier alpha value is -1.40. The van der Waals surface area contributed by atoms with Gasteiger partial charge < -0.3 is 15.3 Å². The van der Waals surface area contributed by atoms with E-state index in [1.807, 2.05) is 0 Å². The van der Waals surface area contributed by atoms with Crippen LogP contribution in [0.25, 0.3) is 0 Å². The molecule has 86 valence electrons. The number of carboxylic acid groups (broad SMARTS) is 1. The third-order valence-electron chi connectivity index (χ3n) is 2.38. The first kappa shape index (κ1) is 11.1. The summed E-state index contributed by atoms with van der Waals surface area (Å²) < 4.78 is 0. The molecule has 4 N–H and O–H groups in total. The zero-order valence-electron chi connectivity index (χ0n) is 8.25. The van der Waals surface area contributed by atoms with Crippen LogP contribution in [0, 0.1) is 0 Å². The molecule has 0 aliphatic carbocycles. The molecule has 2 rings (SSSR count). The maximum Gasteiger partial charge on any atom is 0.321 e. The van der Waals surface area contributed by atoms with Crippen molar-refractivity contribution >= 4 is 17.7 Å². The van der Waals surface area contributed by atoms with Crippen molar-refractivity contribution in [2.45, 2.75) is 11.4 Å². The van der Waals surface area contributed by atoms with Crippen molar-refractivity contribution in [2.75, 3.05) is 5.75 Å². The van der Waals surface area contributed by atoms with E-state index in [2.05, 4.69) is 5.32 Å². The van der Waals surface area contributed by atoms with Crippen molar-refractivity contribution in [3.8, 4) is 11.5 Å². The summed E-state index contributed by atoms with van der Waals surface area (Å²) in [5.74, 6) is -0.764. The second-order valence-electron chi connectivity index (χ2n) is 3.52. The van der Waals surface area contributed by atoms with Gasteiger partial charge in [0, 0.05) is 5.75 Å². The summed E-state index contributed by atoms with van der Waals surface area (Å²) in [6.07, 6.45) is 0. The zero-order valence-corrected chi connectivity index (χ0v) is 9.07. The van der Waals surface area contributed by atoms with Crippen LogP contribution < -0.4 is 5.32 Å². The van der Waals surface area contributed by atoms with Crippen LogP contribution in [-0.4, -0.2) is 33.1 Å². The summed E-state index contributed by atoms with van der Waals surface area (Å²) in [5, 5.41) is 30.1. The van der Waals surface area contributed by atoms with E-state index in [4.69, 9.17) is 10.2 Å². The lowest BCUT2D eigenvalue weighted by Crippen LogP contribution is -2.33. The lowest BCUT2D eigenvalue weighted by Gasteiger charge is -2.11. The zero-order chi connectivity index (χ0) is 11.7. The van der Waals surface area contributed by atoms with Crippen LogP contribution >= 0.6 is 11.8 Å². The van der Waals surface area contributed by atoms with Crippen LogP contribution in [0.3, 0.4) is 0 Å². The number of benzene rings is 1. The standard InChI is InChI=1S/C10H11NO4S/c12-7-2-1-5(3-8(7)13)9-11-6(4-16-9)10(14)15/h1-3,6,9,11-13H,4H2,(H,14,15)/t6-,9?/m0/s1. The molecule has 16 heavy (non-hydrogen) atoms. The molecule has 0 bridgehead atoms. The molecule has 0 aromatic heterocycles. The fourth-order valence-electron chi connectivity index (χ4n) is 1.51. The van der Waals surface area contributed by atoms with Gasteiger partial charge in [-0.3, -0.25) is 10.1 Å². The van der Waals surface area contributed by atoms with Crippen LogP contribution in [0.5, 0.6) is 11.5 Å². The molecule has 0 spiro atoms. The number of phenolic OH excluding ortho intramolecular Hbond substituents is 2. The van der Waals surface area contributed by atoms with E-state index in [1.54, 1.807) is 6.07 Å². The molecule has 0 saturated carbocycles. The van der Waals surface area contributed by atoms with E-state index in [0.717, 1.165) is 5.56 Å². The molecule has 0 amide bonds. The first-order valence-electron chi connectivity index (χ1n) is 4.70. The molecule has 0 radical (unpaired) electrons. The highest BCUT2D eigenvalue weighted by atomic mass is 32.2. The third-order valence-corrected chi connectivity index (χ3v) is 3.65. The fraction of sp³-hybridized carbons (Fsp3) is 0.300. The topological polar surface area (TPSA) is 89.8 Å². The Morgan fingerprint density at radius 3 is 2.69 bits per heavy atom. The summed E-state index contributed by atoms with van der Waals surface area (Å²) >= 11 is 1.46. The molecular formula is C10H11NO4S. The predicted molar refractivity (Wildman–Crippen MR) is 59.5 cm³/mol. The van der Waals surface area contributed by atoms with Gasteiger partial charge in [-0.2, -0.15) is 0 Å². The number of carboxylic acids is 1. The summed E-state index contributed by atoms with van der Waals surface area (Å²) in [7, 11) is 0. The van der Waals surface area contributed by atoms with Crippen LogP contribution in [-0.2, 0) is 4.79 Å². The predicted octanol–water partition coefficient (Wildman–Crippen LogP) is 0.886. The van der Waals surface area contributed by atoms with Crippen LogP contribution in [0.15, 0.2) is 18.2 Å². The van der Waals surface area contributed by atoms with Gasteiger partial charge in [0.25, 0.3) is 0 Å². The Morgan fingerprint density at radius 2 is 2.12 bits per heavy atom. The summed E-state index contributed by atoms with van der Waals surface area (Å²) in [4.78, 5) is 10.7. The number of phenols is 2. The number of carbonyl (C=O) groups is 1. The first-order chi connectivity index (χ1) is 7.58. The van der Waals surface area contributed by atoms with Gasteiger partial charge in [0.2, 0.25) is 0 Å². The van der Waals surface area contributed by atoms with E-state index < -0.39 is 12.0 Å². The van der Waals surface area contributed by atoms with Gasteiger partial charge in [0.05, 0.1) is 5.37 Å². The second-order valence-corrected chi connectivity index (χ2v) is 4.66. The molecule has 2 atom stereocenters. The number of aliphatic carboxylic acids is 1. The molecule has 6 heteroatoms. The summed E-state index contributed by atoms with van der Waals surface area (Å²) in [5.41, 5.74) is 0.754. The minimum atomic E-state index is -0.877. The van der Waals surface area contributed by atoms with E-state index in [1.165, 1.54) is 23.9 Å². The number of nitrogens with one attached hydrogen (secondary N) is 1. The average Bonchev–Trinajstić information content (AvgIpc) is 2.71. The lowest BCUT2D eigenvalue weighted by atomic mass is 10.2. The van der Waals surface area contributed by atoms with Crippen molar-refractivity contribution in [3.05, 3.63) is 23.8 Å². The highest BCUT2D eigenvalue weighted by Gasteiger charge is 2.30. The molecule has 1 aromatic carbocycles. The fourth-order valence-corrected chi connectivity index (χ4v) is 2.73. The quantitative estimate of drug-likeness (QED) is 0.575. The Kier molecular flexibility index (Phi) is 2.93. The van der Waals surface area contributed by atoms with Crippen molar-refractivity contribution in [2.24, 2.45) is 0 Å². The molecule has 1 heterocycles. The molecule has 1 unspecified atom stereocenters. The molecule has 1 aromatic rings. The van der Waals surface area contributed by atoms with E-state index in [0.29, 0.717) is 5.75 Å². The number of hydrogen-bond donors (Lipinski definition) is 4. The van der Waals surface area contributed by atoms with Gasteiger partial charge in [-0.05, 0) is 17.7 Å². The van der Waals surface area contributed by atoms with Crippen molar-refractivity contribution in [1.82, 2.24) is 5.32 Å². The second kappa shape index (κ2) is 4.23. The number of thioether (sulfide) groups is 1. The molecule has 1 saturated heterocycles. The molecule has 5 nitrogen and oxygen atoms in total. The average molecular weight is 241 g/mol. The normalized spacial score (nSPS) is 24.5. The highest BCUT2D eigenvalue weighted by molar-refractivity contribution is 7.99. The third kappa shape index (κ3) is 2.07. The number of rotatable bonds is 2. The van der Waals surface area contributed by atoms with Gasteiger partial charge in [-0.1, -0.05) is 6.07 Å². The molecule has 1 fully saturated rings. The molecule has 1 aliphatic rings. The summed E-state index contributed by atoms with van der Waals surface area (Å²) in [6, 6.07) is 3.92.